The molecule has 18 heavy (non-hydrogen) atoms. The van der Waals surface area contributed by atoms with Gasteiger partial charge in [0.15, 0.2) is 5.78 Å². The highest BCUT2D eigenvalue weighted by atomic mass is 19.4. The van der Waals surface area contributed by atoms with Crippen molar-refractivity contribution < 1.29 is 22.4 Å². The van der Waals surface area contributed by atoms with Crippen LogP contribution in [-0.4, -0.2) is 5.78 Å². The lowest BCUT2D eigenvalue weighted by Gasteiger charge is -2.16. The van der Waals surface area contributed by atoms with Crippen LogP contribution in [0.2, 0.25) is 0 Å². The Labute approximate surface area is 103 Å². The van der Waals surface area contributed by atoms with Crippen LogP contribution in [-0.2, 0) is 6.18 Å². The second-order valence-corrected chi connectivity index (χ2v) is 4.04. The summed E-state index contributed by atoms with van der Waals surface area (Å²) >= 11 is 0. The summed E-state index contributed by atoms with van der Waals surface area (Å²) in [4.78, 5) is 12.0. The molecule has 0 unspecified atom stereocenters. The predicted molar refractivity (Wildman–Crippen MR) is 59.8 cm³/mol. The van der Waals surface area contributed by atoms with Gasteiger partial charge >= 0.3 is 6.18 Å². The highest BCUT2D eigenvalue weighted by Gasteiger charge is 2.39. The van der Waals surface area contributed by atoms with Gasteiger partial charge in [0.1, 0.15) is 11.4 Å². The van der Waals surface area contributed by atoms with Gasteiger partial charge < -0.3 is 0 Å². The molecule has 0 radical (unpaired) electrons. The van der Waals surface area contributed by atoms with Gasteiger partial charge in [-0.3, -0.25) is 4.79 Å². The van der Waals surface area contributed by atoms with E-state index in [0.29, 0.717) is 18.9 Å². The zero-order valence-corrected chi connectivity index (χ0v) is 10.1. The molecule has 0 bridgehead atoms. The minimum absolute atomic E-state index is 0.434. The first kappa shape index (κ1) is 14.7. The maximum Gasteiger partial charge on any atom is 0.419 e. The average molecular weight is 262 g/mol. The van der Waals surface area contributed by atoms with E-state index in [9.17, 15) is 22.4 Å². The molecule has 0 saturated heterocycles. The Morgan fingerprint density at radius 3 is 2.22 bits per heavy atom. The smallest absolute Gasteiger partial charge is 0.294 e. The van der Waals surface area contributed by atoms with E-state index >= 15 is 0 Å². The van der Waals surface area contributed by atoms with Crippen molar-refractivity contribution in [2.24, 2.45) is 5.92 Å². The number of Topliss-reactive ketones (excluding diaryl/α,β-unsaturated/α-hetero) is 1. The van der Waals surface area contributed by atoms with Gasteiger partial charge in [0.05, 0.1) is 0 Å². The number of hydrogen-bond donors (Lipinski definition) is 0. The zero-order valence-electron chi connectivity index (χ0n) is 10.1. The predicted octanol–water partition coefficient (Wildman–Crippen LogP) is 4.46. The van der Waals surface area contributed by atoms with Gasteiger partial charge in [0.25, 0.3) is 0 Å². The molecule has 1 nitrogen and oxygen atoms in total. The topological polar surface area (TPSA) is 17.1 Å². The SMILES string of the molecule is CCC(CC)C(=O)c1cccc(F)c1C(F)(F)F. The summed E-state index contributed by atoms with van der Waals surface area (Å²) in [6, 6.07) is 2.87. The molecule has 0 saturated carbocycles. The molecule has 0 amide bonds. The Hall–Kier alpha value is -1.39. The van der Waals surface area contributed by atoms with Crippen LogP contribution in [0.3, 0.4) is 0 Å². The fraction of sp³-hybridized carbons (Fsp3) is 0.462. The summed E-state index contributed by atoms with van der Waals surface area (Å²) in [6.07, 6.45) is -3.99. The second-order valence-electron chi connectivity index (χ2n) is 4.04. The molecule has 0 atom stereocenters. The lowest BCUT2D eigenvalue weighted by atomic mass is 9.90. The quantitative estimate of drug-likeness (QED) is 0.578. The molecule has 100 valence electrons. The standard InChI is InChI=1S/C13H14F4O/c1-3-8(4-2)12(18)9-6-5-7-10(14)11(9)13(15,16)17/h5-8H,3-4H2,1-2H3. The van der Waals surface area contributed by atoms with E-state index in [1.165, 1.54) is 0 Å². The summed E-state index contributed by atoms with van der Waals surface area (Å²) in [6.45, 7) is 3.44. The molecule has 0 aliphatic heterocycles. The minimum Gasteiger partial charge on any atom is -0.294 e. The van der Waals surface area contributed by atoms with Crippen LogP contribution in [0.25, 0.3) is 0 Å². The summed E-state index contributed by atoms with van der Waals surface area (Å²) in [5.74, 6) is -2.56. The van der Waals surface area contributed by atoms with Crippen LogP contribution in [0.5, 0.6) is 0 Å². The molecule has 1 aromatic carbocycles. The maximum absolute atomic E-state index is 13.3. The van der Waals surface area contributed by atoms with Gasteiger partial charge in [-0.15, -0.1) is 0 Å². The molecule has 0 aliphatic rings. The van der Waals surface area contributed by atoms with Crippen LogP contribution in [0.15, 0.2) is 18.2 Å². The molecule has 1 rings (SSSR count). The van der Waals surface area contributed by atoms with E-state index in [0.717, 1.165) is 12.1 Å². The third-order valence-corrected chi connectivity index (χ3v) is 2.92. The molecule has 0 fully saturated rings. The zero-order chi connectivity index (χ0) is 13.9. The molecular weight excluding hydrogens is 248 g/mol. The molecule has 0 heterocycles. The van der Waals surface area contributed by atoms with Gasteiger partial charge in [0.2, 0.25) is 0 Å². The first-order valence-electron chi connectivity index (χ1n) is 5.72. The molecule has 0 aromatic heterocycles. The number of carbonyl (C=O) groups excluding carboxylic acids is 1. The number of halogens is 4. The lowest BCUT2D eigenvalue weighted by molar-refractivity contribution is -0.140. The van der Waals surface area contributed by atoms with Gasteiger partial charge in [0, 0.05) is 11.5 Å². The first-order valence-corrected chi connectivity index (χ1v) is 5.72. The second kappa shape index (κ2) is 5.50. The summed E-state index contributed by atoms with van der Waals surface area (Å²) < 4.78 is 51.6. The number of carbonyl (C=O) groups is 1. The highest BCUT2D eigenvalue weighted by Crippen LogP contribution is 2.35. The molecule has 0 spiro atoms. The van der Waals surface area contributed by atoms with Crippen molar-refractivity contribution in [3.05, 3.63) is 35.1 Å². The average Bonchev–Trinajstić information content (AvgIpc) is 2.28. The van der Waals surface area contributed by atoms with E-state index in [4.69, 9.17) is 0 Å². The number of benzene rings is 1. The van der Waals surface area contributed by atoms with Gasteiger partial charge in [-0.05, 0) is 18.9 Å². The number of hydrogen-bond acceptors (Lipinski definition) is 1. The van der Waals surface area contributed by atoms with Gasteiger partial charge in [-0.1, -0.05) is 26.0 Å². The highest BCUT2D eigenvalue weighted by molar-refractivity contribution is 5.99. The Bertz CT molecular complexity index is 433. The van der Waals surface area contributed by atoms with Crippen LogP contribution in [0.1, 0.15) is 42.6 Å². The fourth-order valence-corrected chi connectivity index (χ4v) is 1.90. The Morgan fingerprint density at radius 1 is 1.22 bits per heavy atom. The van der Waals surface area contributed by atoms with E-state index in [2.05, 4.69) is 0 Å². The monoisotopic (exact) mass is 262 g/mol. The fourth-order valence-electron chi connectivity index (χ4n) is 1.90. The van der Waals surface area contributed by atoms with Crippen LogP contribution in [0, 0.1) is 11.7 Å². The summed E-state index contributed by atoms with van der Waals surface area (Å²) in [7, 11) is 0. The lowest BCUT2D eigenvalue weighted by Crippen LogP contribution is -2.20. The minimum atomic E-state index is -4.86. The van der Waals surface area contributed by atoms with Crippen LogP contribution >= 0.6 is 0 Å². The van der Waals surface area contributed by atoms with E-state index in [1.807, 2.05) is 0 Å². The van der Waals surface area contributed by atoms with Gasteiger partial charge in [-0.25, -0.2) is 4.39 Å². The van der Waals surface area contributed by atoms with E-state index < -0.39 is 34.8 Å². The Morgan fingerprint density at radius 2 is 1.78 bits per heavy atom. The summed E-state index contributed by atoms with van der Waals surface area (Å²) in [5.41, 5.74) is -2.03. The first-order chi connectivity index (χ1) is 8.32. The number of ketones is 1. The Kier molecular flexibility index (Phi) is 4.48. The van der Waals surface area contributed by atoms with Crippen molar-refractivity contribution >= 4 is 5.78 Å². The van der Waals surface area contributed by atoms with Crippen molar-refractivity contribution in [1.29, 1.82) is 0 Å². The van der Waals surface area contributed by atoms with Crippen molar-refractivity contribution in [2.45, 2.75) is 32.9 Å². The third kappa shape index (κ3) is 2.89. The van der Waals surface area contributed by atoms with E-state index in [-0.39, 0.29) is 0 Å². The normalized spacial score (nSPS) is 11.9. The van der Waals surface area contributed by atoms with Crippen molar-refractivity contribution in [1.82, 2.24) is 0 Å². The molecule has 0 N–H and O–H groups in total. The molecule has 1 aromatic rings. The third-order valence-electron chi connectivity index (χ3n) is 2.92. The van der Waals surface area contributed by atoms with Crippen LogP contribution in [0.4, 0.5) is 17.6 Å². The number of alkyl halides is 3. The van der Waals surface area contributed by atoms with Crippen molar-refractivity contribution in [2.75, 3.05) is 0 Å². The van der Waals surface area contributed by atoms with Crippen molar-refractivity contribution in [3.63, 3.8) is 0 Å². The molecular formula is C13H14F4O. The molecule has 0 aliphatic carbocycles. The maximum atomic E-state index is 13.3. The molecule has 5 heteroatoms. The number of rotatable bonds is 4. The van der Waals surface area contributed by atoms with Crippen LogP contribution < -0.4 is 0 Å². The van der Waals surface area contributed by atoms with Crippen molar-refractivity contribution in [3.8, 4) is 0 Å². The Balaban J connectivity index is 3.33. The largest absolute Gasteiger partial charge is 0.419 e. The van der Waals surface area contributed by atoms with Gasteiger partial charge in [-0.2, -0.15) is 13.2 Å². The summed E-state index contributed by atoms with van der Waals surface area (Å²) in [5, 5.41) is 0. The van der Waals surface area contributed by atoms with E-state index in [1.54, 1.807) is 13.8 Å².